The number of hydrogen-bond acceptors (Lipinski definition) is 18. The average Bonchev–Trinajstić information content (AvgIpc) is 4.05. The third-order valence-electron chi connectivity index (χ3n) is 14.7. The van der Waals surface area contributed by atoms with Crippen molar-refractivity contribution in [3.8, 4) is 0 Å². The van der Waals surface area contributed by atoms with E-state index in [4.69, 9.17) is 34.5 Å². The minimum atomic E-state index is -2.31. The summed E-state index contributed by atoms with van der Waals surface area (Å²) in [6.07, 6.45) is -8.68. The van der Waals surface area contributed by atoms with Gasteiger partial charge in [-0.15, -0.1) is 0 Å². The molecule has 2 aromatic carbocycles. The predicted molar refractivity (Wildman–Crippen MR) is 266 cm³/mol. The summed E-state index contributed by atoms with van der Waals surface area (Å²) in [5.74, 6) is -5.13. The zero-order valence-corrected chi connectivity index (χ0v) is 43.8. The highest BCUT2D eigenvalue weighted by atomic mass is 33.1. The Morgan fingerprint density at radius 3 is 2.24 bits per heavy atom. The minimum absolute atomic E-state index is 0.0188. The summed E-state index contributed by atoms with van der Waals surface area (Å²) in [5.41, 5.74) is -6.63. The first-order valence-corrected chi connectivity index (χ1v) is 26.8. The fraction of sp³-hybridized carbons (Fsp3) is 0.604. The molecule has 2 bridgehead atoms. The Balaban J connectivity index is 1.32. The van der Waals surface area contributed by atoms with Gasteiger partial charge in [0, 0.05) is 56.9 Å². The van der Waals surface area contributed by atoms with E-state index in [2.05, 4.69) is 10.6 Å². The molecule has 3 saturated carbocycles. The summed E-state index contributed by atoms with van der Waals surface area (Å²) in [4.78, 5) is 99.3. The second kappa shape index (κ2) is 21.9. The van der Waals surface area contributed by atoms with Crippen LogP contribution in [0.25, 0.3) is 0 Å². The molecule has 5 aliphatic rings. The van der Waals surface area contributed by atoms with Crippen molar-refractivity contribution in [1.82, 2.24) is 10.6 Å². The van der Waals surface area contributed by atoms with Gasteiger partial charge in [-0.05, 0) is 66.5 Å². The topological polar surface area (TPSA) is 228 Å². The maximum atomic E-state index is 15.7. The SMILES string of the molecule is [3H]CCNCCSSCCOC(=O)O[C@@H](C(=O)O[C@H]1C[C@@]2(O)[C@@H](OC(=O)c3ccccc3)[C@@H]3[C@]4(OC(C)=O)CO[C@@H]4C[C@@H]4C[C@@]43C(=O)[C@H](OC(C)=O)C(=C1C)C2(C)C)[C@@H](NC(=O)CC(C)(C)C)c1ccccc1. The van der Waals surface area contributed by atoms with Gasteiger partial charge in [0.1, 0.15) is 36.6 Å². The Morgan fingerprint density at radius 2 is 1.61 bits per heavy atom. The van der Waals surface area contributed by atoms with Crippen molar-refractivity contribution in [2.24, 2.45) is 28.1 Å². The lowest BCUT2D eigenvalue weighted by Gasteiger charge is -2.64. The summed E-state index contributed by atoms with van der Waals surface area (Å²) >= 11 is 0. The molecule has 0 aromatic heterocycles. The first-order chi connectivity index (χ1) is 34.5. The maximum absolute atomic E-state index is 15.7. The lowest BCUT2D eigenvalue weighted by atomic mass is 9.48. The monoisotopic (exact) mass is 1040 g/mol. The zero-order valence-electron chi connectivity index (χ0n) is 43.1. The van der Waals surface area contributed by atoms with Gasteiger partial charge >= 0.3 is 30.0 Å². The molecule has 2 aromatic rings. The Hall–Kier alpha value is -4.95. The van der Waals surface area contributed by atoms with Crippen LogP contribution in [0, 0.1) is 28.1 Å². The van der Waals surface area contributed by atoms with Crippen LogP contribution in [0.15, 0.2) is 71.8 Å². The van der Waals surface area contributed by atoms with E-state index in [1.807, 2.05) is 20.8 Å². The number of amides is 1. The van der Waals surface area contributed by atoms with Crippen molar-refractivity contribution in [1.29, 1.82) is 0 Å². The Labute approximate surface area is 430 Å². The number of ketones is 1. The molecule has 1 amide bonds. The predicted octanol–water partition coefficient (Wildman–Crippen LogP) is 6.65. The minimum Gasteiger partial charge on any atom is -0.455 e. The van der Waals surface area contributed by atoms with E-state index in [0.717, 1.165) is 12.7 Å². The fourth-order valence-electron chi connectivity index (χ4n) is 11.4. The molecule has 11 atom stereocenters. The van der Waals surface area contributed by atoms with Gasteiger partial charge in [-0.1, -0.05) is 112 Å². The Bertz CT molecular complexity index is 2440. The number of ether oxygens (including phenoxy) is 7. The molecule has 392 valence electrons. The Morgan fingerprint density at radius 1 is 0.931 bits per heavy atom. The van der Waals surface area contributed by atoms with E-state index in [0.29, 0.717) is 30.8 Å². The maximum Gasteiger partial charge on any atom is 0.509 e. The van der Waals surface area contributed by atoms with Crippen molar-refractivity contribution in [3.05, 3.63) is 82.9 Å². The molecule has 4 aliphatic carbocycles. The van der Waals surface area contributed by atoms with Crippen LogP contribution in [0.5, 0.6) is 0 Å². The molecule has 0 radical (unpaired) electrons. The van der Waals surface area contributed by atoms with Crippen LogP contribution in [0.1, 0.15) is 111 Å². The smallest absolute Gasteiger partial charge is 0.455 e. The molecule has 1 spiro atoms. The number of Topliss-reactive ketones (excluding diaryl/α,β-unsaturated/α-hetero) is 1. The van der Waals surface area contributed by atoms with Crippen LogP contribution in [0.2, 0.25) is 0 Å². The highest BCUT2D eigenvalue weighted by Gasteiger charge is 2.84. The van der Waals surface area contributed by atoms with E-state index in [9.17, 15) is 29.1 Å². The number of hydrogen-bond donors (Lipinski definition) is 3. The Kier molecular flexibility index (Phi) is 16.2. The van der Waals surface area contributed by atoms with E-state index in [-0.39, 0.29) is 49.7 Å². The molecular weight excluding hydrogens is 969 g/mol. The lowest BCUT2D eigenvalue weighted by Crippen LogP contribution is -2.78. The molecule has 3 N–H and O–H groups in total. The summed E-state index contributed by atoms with van der Waals surface area (Å²) < 4.78 is 49.9. The molecule has 7 rings (SSSR count). The van der Waals surface area contributed by atoms with E-state index in [1.54, 1.807) is 80.1 Å². The average molecular weight is 1040 g/mol. The van der Waals surface area contributed by atoms with Crippen molar-refractivity contribution in [2.75, 3.05) is 37.8 Å². The number of benzene rings is 2. The van der Waals surface area contributed by atoms with Crippen LogP contribution in [0.3, 0.4) is 0 Å². The second-order valence-electron chi connectivity index (χ2n) is 21.0. The third-order valence-corrected chi connectivity index (χ3v) is 17.1. The number of aliphatic hydroxyl groups is 1. The van der Waals surface area contributed by atoms with Gasteiger partial charge < -0.3 is 48.9 Å². The highest BCUT2D eigenvalue weighted by Crippen LogP contribution is 2.74. The standard InChI is InChI=1S/C53H68N2O15S2/c1-10-54-21-23-71-72-24-22-64-48(62)68-42(40(33-17-13-11-14-18-33)55-38(58)28-49(5,6)7)47(61)67-36-27-53(63)45(69-46(60)34-19-15-12-16-20-34)43-51(26-35(51)25-37-52(43,29-65-37)70-32(4)57)44(59)41(66-31(3)56)39(30(36)2)50(53,8)9/h11-20,35-37,40-43,45,54,63H,10,21-29H2,1-9H3,(H,55,58)/t35-,36+,37-,40+,41-,42-,43+,45+,51-,52+,53-/m1/s1/i1T. The summed E-state index contributed by atoms with van der Waals surface area (Å²) in [6.45, 7) is 14.1. The molecule has 19 heteroatoms. The number of carbonyl (C=O) groups excluding carboxylic acids is 7. The van der Waals surface area contributed by atoms with Gasteiger partial charge in [0.05, 0.1) is 18.1 Å². The lowest BCUT2D eigenvalue weighted by molar-refractivity contribution is -0.323. The van der Waals surface area contributed by atoms with Crippen LogP contribution >= 0.6 is 21.6 Å². The van der Waals surface area contributed by atoms with Gasteiger partial charge in [0.25, 0.3) is 0 Å². The number of nitrogens with one attached hydrogen (secondary N) is 2. The van der Waals surface area contributed by atoms with E-state index >= 15 is 9.59 Å². The van der Waals surface area contributed by atoms with Gasteiger partial charge in [0.2, 0.25) is 12.0 Å². The third kappa shape index (κ3) is 11.0. The highest BCUT2D eigenvalue weighted by molar-refractivity contribution is 8.76. The molecule has 4 fully saturated rings. The van der Waals surface area contributed by atoms with Crippen LogP contribution in [0.4, 0.5) is 4.79 Å². The molecule has 17 nitrogen and oxygen atoms in total. The van der Waals surface area contributed by atoms with Crippen molar-refractivity contribution >= 4 is 63.3 Å². The molecular formula is C53H68N2O15S2. The summed E-state index contributed by atoms with van der Waals surface area (Å²) in [5, 5.41) is 20.0. The zero-order chi connectivity index (χ0) is 53.1. The summed E-state index contributed by atoms with van der Waals surface area (Å²) in [7, 11) is 3.00. The van der Waals surface area contributed by atoms with Crippen LogP contribution in [-0.4, -0.2) is 126 Å². The second-order valence-corrected chi connectivity index (χ2v) is 23.8. The van der Waals surface area contributed by atoms with Gasteiger partial charge in [-0.2, -0.15) is 0 Å². The van der Waals surface area contributed by atoms with Gasteiger partial charge in [0.15, 0.2) is 17.5 Å². The molecule has 1 heterocycles. The normalized spacial score (nSPS) is 29.8. The number of carbonyl (C=O) groups is 7. The van der Waals surface area contributed by atoms with Crippen LogP contribution < -0.4 is 10.6 Å². The van der Waals surface area contributed by atoms with Crippen molar-refractivity contribution in [2.45, 2.75) is 136 Å². The number of esters is 4. The first-order valence-electron chi connectivity index (χ1n) is 25.1. The fourth-order valence-corrected chi connectivity index (χ4v) is 13.2. The van der Waals surface area contributed by atoms with E-state index in [1.165, 1.54) is 29.9 Å². The van der Waals surface area contributed by atoms with Crippen molar-refractivity contribution < 1.29 is 73.2 Å². The summed E-state index contributed by atoms with van der Waals surface area (Å²) in [6, 6.07) is 15.1. The molecule has 72 heavy (non-hydrogen) atoms. The van der Waals surface area contributed by atoms with E-state index < -0.39 is 124 Å². The molecule has 0 unspecified atom stereocenters. The van der Waals surface area contributed by atoms with Crippen molar-refractivity contribution in [3.63, 3.8) is 0 Å². The number of fused-ring (bicyclic) bond motifs is 4. The van der Waals surface area contributed by atoms with Gasteiger partial charge in [-0.3, -0.25) is 19.2 Å². The number of rotatable bonds is 19. The molecule has 1 saturated heterocycles. The largest absolute Gasteiger partial charge is 0.509 e. The molecule has 1 aliphatic heterocycles. The quantitative estimate of drug-likeness (QED) is 0.0440. The van der Waals surface area contributed by atoms with Crippen LogP contribution in [-0.2, 0) is 57.1 Å². The first kappa shape index (κ1) is 53.3. The van der Waals surface area contributed by atoms with Gasteiger partial charge in [-0.25, -0.2) is 14.4 Å².